The van der Waals surface area contributed by atoms with Crippen molar-refractivity contribution >= 4 is 43.2 Å². The second-order valence-electron chi connectivity index (χ2n) is 3.26. The van der Waals surface area contributed by atoms with E-state index in [9.17, 15) is 13.2 Å². The summed E-state index contributed by atoms with van der Waals surface area (Å²) in [6, 6.07) is 6.45. The van der Waals surface area contributed by atoms with Crippen LogP contribution in [0.15, 0.2) is 24.3 Å². The van der Waals surface area contributed by atoms with Crippen LogP contribution in [0.25, 0.3) is 0 Å². The van der Waals surface area contributed by atoms with E-state index in [4.69, 9.17) is 0 Å². The zero-order valence-electron chi connectivity index (χ0n) is 9.23. The van der Waals surface area contributed by atoms with E-state index in [1.807, 2.05) is 0 Å². The number of anilines is 2. The van der Waals surface area contributed by atoms with Gasteiger partial charge in [-0.15, -0.1) is 0 Å². The number of carbonyl (C=O) groups excluding carboxylic acids is 1. The van der Waals surface area contributed by atoms with Gasteiger partial charge < -0.3 is 5.32 Å². The van der Waals surface area contributed by atoms with Crippen LogP contribution in [0.4, 0.5) is 11.4 Å². The molecule has 0 radical (unpaired) electrons. The van der Waals surface area contributed by atoms with Crippen molar-refractivity contribution in [2.45, 2.75) is 6.92 Å². The molecule has 0 saturated heterocycles. The van der Waals surface area contributed by atoms with Crippen LogP contribution < -0.4 is 10.0 Å². The molecule has 7 heteroatoms. The molecule has 2 N–H and O–H groups in total. The van der Waals surface area contributed by atoms with Crippen LogP contribution in [-0.4, -0.2) is 25.4 Å². The second-order valence-corrected chi connectivity index (χ2v) is 5.84. The van der Waals surface area contributed by atoms with Crippen LogP contribution in [0.2, 0.25) is 0 Å². The summed E-state index contributed by atoms with van der Waals surface area (Å²) in [7, 11) is -3.26. The summed E-state index contributed by atoms with van der Waals surface area (Å²) >= 11 is 3.03. The molecule has 0 aromatic heterocycles. The van der Waals surface area contributed by atoms with Gasteiger partial charge in [-0.1, -0.05) is 15.9 Å². The van der Waals surface area contributed by atoms with Crippen LogP contribution in [0.3, 0.4) is 0 Å². The third-order valence-electron chi connectivity index (χ3n) is 1.94. The maximum absolute atomic E-state index is 11.3. The molecule has 0 unspecified atom stereocenters. The Morgan fingerprint density at radius 3 is 2.24 bits per heavy atom. The third kappa shape index (κ3) is 4.74. The van der Waals surface area contributed by atoms with Gasteiger partial charge in [0.2, 0.25) is 15.9 Å². The normalized spacial score (nSPS) is 10.9. The molecule has 1 rings (SSSR count). The maximum atomic E-state index is 11.3. The molecule has 5 nitrogen and oxygen atoms in total. The number of halogens is 1. The molecule has 0 saturated carbocycles. The number of nitrogens with one attached hydrogen (secondary N) is 2. The SMILES string of the molecule is CCS(=O)(=O)Nc1ccc(NC(=O)CBr)cc1. The first kappa shape index (κ1) is 14.0. The molecule has 94 valence electrons. The van der Waals surface area contributed by atoms with Crippen LogP contribution in [0.5, 0.6) is 0 Å². The van der Waals surface area contributed by atoms with Gasteiger partial charge in [-0.05, 0) is 31.2 Å². The molecular formula is C10H13BrN2O3S. The highest BCUT2D eigenvalue weighted by Gasteiger charge is 2.06. The minimum atomic E-state index is -3.26. The van der Waals surface area contributed by atoms with Crippen LogP contribution >= 0.6 is 15.9 Å². The van der Waals surface area contributed by atoms with Gasteiger partial charge in [0.15, 0.2) is 0 Å². The van der Waals surface area contributed by atoms with Crippen LogP contribution in [0, 0.1) is 0 Å². The predicted octanol–water partition coefficient (Wildman–Crippen LogP) is 1.78. The van der Waals surface area contributed by atoms with E-state index in [0.29, 0.717) is 11.4 Å². The summed E-state index contributed by atoms with van der Waals surface area (Å²) in [6.07, 6.45) is 0. The minimum absolute atomic E-state index is 0.0229. The molecule has 1 aromatic rings. The fourth-order valence-electron chi connectivity index (χ4n) is 1.07. The number of sulfonamides is 1. The van der Waals surface area contributed by atoms with Gasteiger partial charge in [-0.25, -0.2) is 8.42 Å². The van der Waals surface area contributed by atoms with Crippen molar-refractivity contribution in [3.8, 4) is 0 Å². The molecular weight excluding hydrogens is 308 g/mol. The number of hydrogen-bond acceptors (Lipinski definition) is 3. The standard InChI is InChI=1S/C10H13BrN2O3S/c1-2-17(15,16)13-9-5-3-8(4-6-9)12-10(14)7-11/h3-6,13H,2,7H2,1H3,(H,12,14). The summed E-state index contributed by atoms with van der Waals surface area (Å²) in [5.41, 5.74) is 1.09. The van der Waals surface area contributed by atoms with Gasteiger partial charge in [0, 0.05) is 11.4 Å². The average molecular weight is 321 g/mol. The van der Waals surface area contributed by atoms with E-state index in [2.05, 4.69) is 26.0 Å². The summed E-state index contributed by atoms with van der Waals surface area (Å²) in [5.74, 6) is -0.137. The summed E-state index contributed by atoms with van der Waals surface area (Å²) < 4.78 is 25.0. The summed E-state index contributed by atoms with van der Waals surface area (Å²) in [4.78, 5) is 11.1. The smallest absolute Gasteiger partial charge is 0.235 e. The van der Waals surface area contributed by atoms with Gasteiger partial charge in [0.05, 0.1) is 11.1 Å². The maximum Gasteiger partial charge on any atom is 0.235 e. The Morgan fingerprint density at radius 1 is 1.24 bits per heavy atom. The number of hydrogen-bond donors (Lipinski definition) is 2. The highest BCUT2D eigenvalue weighted by atomic mass is 79.9. The second kappa shape index (κ2) is 6.02. The highest BCUT2D eigenvalue weighted by molar-refractivity contribution is 9.09. The molecule has 0 aliphatic carbocycles. The van der Waals surface area contributed by atoms with E-state index in [-0.39, 0.29) is 17.0 Å². The Balaban J connectivity index is 2.72. The Bertz CT molecular complexity index is 485. The van der Waals surface area contributed by atoms with Crippen molar-refractivity contribution in [3.63, 3.8) is 0 Å². The zero-order chi connectivity index (χ0) is 12.9. The molecule has 0 atom stereocenters. The molecule has 0 spiro atoms. The Hall–Kier alpha value is -1.08. The fraction of sp³-hybridized carbons (Fsp3) is 0.300. The van der Waals surface area contributed by atoms with E-state index in [0.717, 1.165) is 0 Å². The van der Waals surface area contributed by atoms with E-state index in [1.54, 1.807) is 31.2 Å². The lowest BCUT2D eigenvalue weighted by molar-refractivity contribution is -0.113. The lowest BCUT2D eigenvalue weighted by atomic mass is 10.3. The molecule has 0 aliphatic heterocycles. The van der Waals surface area contributed by atoms with Crippen molar-refractivity contribution in [2.24, 2.45) is 0 Å². The predicted molar refractivity (Wildman–Crippen MR) is 71.9 cm³/mol. The molecule has 1 amide bonds. The van der Waals surface area contributed by atoms with Crippen LogP contribution in [-0.2, 0) is 14.8 Å². The summed E-state index contributed by atoms with van der Waals surface area (Å²) in [6.45, 7) is 1.56. The average Bonchev–Trinajstić information content (AvgIpc) is 2.31. The lowest BCUT2D eigenvalue weighted by Crippen LogP contribution is -2.15. The van der Waals surface area contributed by atoms with Crippen molar-refractivity contribution in [3.05, 3.63) is 24.3 Å². The minimum Gasteiger partial charge on any atom is -0.325 e. The Kier molecular flexibility index (Phi) is 4.95. The first-order valence-electron chi connectivity index (χ1n) is 4.93. The number of amides is 1. The molecule has 17 heavy (non-hydrogen) atoms. The van der Waals surface area contributed by atoms with Crippen molar-refractivity contribution in [1.82, 2.24) is 0 Å². The van der Waals surface area contributed by atoms with E-state index < -0.39 is 10.0 Å². The summed E-state index contributed by atoms with van der Waals surface area (Å²) in [5, 5.41) is 2.85. The zero-order valence-corrected chi connectivity index (χ0v) is 11.6. The first-order chi connectivity index (χ1) is 7.96. The van der Waals surface area contributed by atoms with Gasteiger partial charge >= 0.3 is 0 Å². The fourth-order valence-corrected chi connectivity index (χ4v) is 1.85. The number of alkyl halides is 1. The number of benzene rings is 1. The first-order valence-corrected chi connectivity index (χ1v) is 7.70. The highest BCUT2D eigenvalue weighted by Crippen LogP contribution is 2.14. The Labute approximate surface area is 109 Å². The molecule has 0 aliphatic rings. The van der Waals surface area contributed by atoms with Gasteiger partial charge in [-0.2, -0.15) is 0 Å². The number of carbonyl (C=O) groups is 1. The molecule has 0 heterocycles. The molecule has 0 bridgehead atoms. The topological polar surface area (TPSA) is 75.3 Å². The van der Waals surface area contributed by atoms with Crippen LogP contribution in [0.1, 0.15) is 6.92 Å². The van der Waals surface area contributed by atoms with Crippen molar-refractivity contribution < 1.29 is 13.2 Å². The monoisotopic (exact) mass is 320 g/mol. The molecule has 1 aromatic carbocycles. The van der Waals surface area contributed by atoms with Gasteiger partial charge in [0.1, 0.15) is 0 Å². The number of rotatable bonds is 5. The van der Waals surface area contributed by atoms with E-state index in [1.165, 1.54) is 0 Å². The Morgan fingerprint density at radius 2 is 1.76 bits per heavy atom. The van der Waals surface area contributed by atoms with E-state index >= 15 is 0 Å². The van der Waals surface area contributed by atoms with Gasteiger partial charge in [0.25, 0.3) is 0 Å². The van der Waals surface area contributed by atoms with Crippen molar-refractivity contribution in [2.75, 3.05) is 21.1 Å². The lowest BCUT2D eigenvalue weighted by Gasteiger charge is -2.07. The van der Waals surface area contributed by atoms with Gasteiger partial charge in [-0.3, -0.25) is 9.52 Å². The molecule has 0 fully saturated rings. The quantitative estimate of drug-likeness (QED) is 0.812. The largest absolute Gasteiger partial charge is 0.325 e. The van der Waals surface area contributed by atoms with Crippen molar-refractivity contribution in [1.29, 1.82) is 0 Å². The third-order valence-corrected chi connectivity index (χ3v) is 3.76.